The van der Waals surface area contributed by atoms with Crippen molar-refractivity contribution in [2.75, 3.05) is 0 Å². The van der Waals surface area contributed by atoms with Gasteiger partial charge in [-0.2, -0.15) is 0 Å². The molecular formula is C31H37I. The van der Waals surface area contributed by atoms with Gasteiger partial charge in [0.15, 0.2) is 0 Å². The molecule has 0 aromatic carbocycles. The molecule has 0 bridgehead atoms. The molecule has 0 saturated heterocycles. The van der Waals surface area contributed by atoms with Crippen LogP contribution < -0.4 is 0 Å². The van der Waals surface area contributed by atoms with Crippen molar-refractivity contribution in [2.45, 2.75) is 71.6 Å². The summed E-state index contributed by atoms with van der Waals surface area (Å²) < 4.78 is 0. The van der Waals surface area contributed by atoms with Crippen LogP contribution in [0.15, 0.2) is 72.8 Å². The molecule has 0 fully saturated rings. The fraction of sp³-hybridized carbons (Fsp3) is 0.355. The van der Waals surface area contributed by atoms with Gasteiger partial charge in [-0.3, -0.25) is 0 Å². The third-order valence-electron chi connectivity index (χ3n) is 6.61. The molecule has 0 N–H and O–H groups in total. The smallest absolute Gasteiger partial charge is 0.0132 e. The molecule has 0 aromatic heterocycles. The molecule has 168 valence electrons. The molecule has 0 heterocycles. The van der Waals surface area contributed by atoms with E-state index in [1.54, 1.807) is 0 Å². The second-order valence-electron chi connectivity index (χ2n) is 11.1. The molecule has 0 saturated carbocycles. The summed E-state index contributed by atoms with van der Waals surface area (Å²) in [6.45, 7) is 13.7. The molecule has 0 aliphatic heterocycles. The third-order valence-corrected chi connectivity index (χ3v) is 6.61. The zero-order chi connectivity index (χ0) is 22.2. The van der Waals surface area contributed by atoms with Gasteiger partial charge < -0.3 is 0 Å². The number of fused-ring (bicyclic) bond motifs is 2. The van der Waals surface area contributed by atoms with E-state index in [1.807, 2.05) is 0 Å². The van der Waals surface area contributed by atoms with Gasteiger partial charge in [-0.25, -0.2) is 0 Å². The van der Waals surface area contributed by atoms with E-state index in [1.165, 1.54) is 50.9 Å². The fourth-order valence-corrected chi connectivity index (χ4v) is 4.53. The Kier molecular flexibility index (Phi) is 7.39. The molecular weight excluding hydrogens is 499 g/mol. The average molecular weight is 537 g/mol. The minimum absolute atomic E-state index is 0. The maximum atomic E-state index is 2.33. The van der Waals surface area contributed by atoms with Gasteiger partial charge in [-0.15, -0.1) is 24.0 Å². The normalized spacial score (nSPS) is 12.2. The minimum atomic E-state index is 0. The Balaban J connectivity index is 0.00000289. The SMILES string of the molecule is CC(C)(C)c1ccc2ccc(CCCc3ccc4ccc(C(C)(C)C)ccc3-4)c-2cc1.I. The highest BCUT2D eigenvalue weighted by molar-refractivity contribution is 14.0. The number of halogens is 1. The van der Waals surface area contributed by atoms with Crippen LogP contribution in [0, 0.1) is 0 Å². The minimum Gasteiger partial charge on any atom is -0.107 e. The van der Waals surface area contributed by atoms with E-state index >= 15 is 0 Å². The van der Waals surface area contributed by atoms with Gasteiger partial charge in [0, 0.05) is 0 Å². The second kappa shape index (κ2) is 9.55. The number of hydrogen-bond acceptors (Lipinski definition) is 0. The summed E-state index contributed by atoms with van der Waals surface area (Å²) in [5.41, 5.74) is 11.6. The van der Waals surface area contributed by atoms with E-state index in [-0.39, 0.29) is 34.8 Å². The Morgan fingerprint density at radius 2 is 0.812 bits per heavy atom. The molecule has 0 atom stereocenters. The van der Waals surface area contributed by atoms with Gasteiger partial charge in [0.05, 0.1) is 0 Å². The standard InChI is InChI=1S/C31H36.HI/c1-30(2,3)26-16-14-24-12-10-22(28(24)20-18-26)8-7-9-23-11-13-25-15-17-27(31(4,5)6)19-21-29(23)25;/h10-21H,7-9H2,1-6H3;1H. The lowest BCUT2D eigenvalue weighted by Crippen LogP contribution is -2.09. The summed E-state index contributed by atoms with van der Waals surface area (Å²) in [7, 11) is 0. The lowest BCUT2D eigenvalue weighted by Gasteiger charge is -2.17. The van der Waals surface area contributed by atoms with Crippen molar-refractivity contribution in [3.8, 4) is 22.3 Å². The predicted molar refractivity (Wildman–Crippen MR) is 151 cm³/mol. The van der Waals surface area contributed by atoms with Gasteiger partial charge in [0.2, 0.25) is 0 Å². The molecule has 0 radical (unpaired) electrons. The van der Waals surface area contributed by atoms with E-state index in [4.69, 9.17) is 0 Å². The summed E-state index contributed by atoms with van der Waals surface area (Å²) >= 11 is 0. The van der Waals surface area contributed by atoms with Crippen molar-refractivity contribution >= 4 is 24.0 Å². The molecule has 0 unspecified atom stereocenters. The highest BCUT2D eigenvalue weighted by Gasteiger charge is 2.16. The Hall–Kier alpha value is -1.87. The van der Waals surface area contributed by atoms with Gasteiger partial charge in [0.1, 0.15) is 0 Å². The van der Waals surface area contributed by atoms with Crippen LogP contribution in [0.3, 0.4) is 0 Å². The van der Waals surface area contributed by atoms with Crippen LogP contribution >= 0.6 is 24.0 Å². The van der Waals surface area contributed by atoms with Crippen LogP contribution in [-0.2, 0) is 23.7 Å². The monoisotopic (exact) mass is 536 g/mol. The van der Waals surface area contributed by atoms with E-state index < -0.39 is 0 Å². The number of rotatable bonds is 4. The molecule has 4 rings (SSSR count). The van der Waals surface area contributed by atoms with Gasteiger partial charge >= 0.3 is 0 Å². The third kappa shape index (κ3) is 5.36. The molecule has 32 heavy (non-hydrogen) atoms. The molecule has 0 aromatic rings. The highest BCUT2D eigenvalue weighted by Crippen LogP contribution is 2.33. The topological polar surface area (TPSA) is 0 Å². The quantitative estimate of drug-likeness (QED) is 0.228. The van der Waals surface area contributed by atoms with Crippen LogP contribution in [0.1, 0.15) is 70.2 Å². The lowest BCUT2D eigenvalue weighted by atomic mass is 9.88. The van der Waals surface area contributed by atoms with E-state index in [2.05, 4.69) is 114 Å². The van der Waals surface area contributed by atoms with Crippen LogP contribution in [0.4, 0.5) is 0 Å². The fourth-order valence-electron chi connectivity index (χ4n) is 4.53. The first kappa shape index (κ1) is 24.8. The van der Waals surface area contributed by atoms with Crippen molar-refractivity contribution in [1.29, 1.82) is 0 Å². The maximum absolute atomic E-state index is 2.33. The van der Waals surface area contributed by atoms with Crippen molar-refractivity contribution in [3.05, 3.63) is 95.1 Å². The maximum Gasteiger partial charge on any atom is -0.0132 e. The first-order chi connectivity index (χ1) is 14.6. The predicted octanol–water partition coefficient (Wildman–Crippen LogP) is 9.28. The van der Waals surface area contributed by atoms with E-state index in [0.717, 1.165) is 12.8 Å². The van der Waals surface area contributed by atoms with Gasteiger partial charge in [-0.05, 0) is 74.6 Å². The van der Waals surface area contributed by atoms with E-state index in [0.29, 0.717) is 0 Å². The summed E-state index contributed by atoms with van der Waals surface area (Å²) in [5, 5.41) is 0. The van der Waals surface area contributed by atoms with Crippen LogP contribution in [0.5, 0.6) is 0 Å². The zero-order valence-electron chi connectivity index (χ0n) is 20.5. The summed E-state index contributed by atoms with van der Waals surface area (Å²) in [4.78, 5) is 0. The van der Waals surface area contributed by atoms with Crippen LogP contribution in [0.2, 0.25) is 0 Å². The number of aryl methyl sites for hydroxylation is 2. The van der Waals surface area contributed by atoms with Crippen molar-refractivity contribution in [3.63, 3.8) is 0 Å². The molecule has 4 aliphatic rings. The van der Waals surface area contributed by atoms with Gasteiger partial charge in [-0.1, -0.05) is 114 Å². The zero-order valence-corrected chi connectivity index (χ0v) is 22.8. The van der Waals surface area contributed by atoms with Crippen LogP contribution in [0.25, 0.3) is 22.3 Å². The van der Waals surface area contributed by atoms with Gasteiger partial charge in [0.25, 0.3) is 0 Å². The Morgan fingerprint density at radius 3 is 1.19 bits per heavy atom. The summed E-state index contributed by atoms with van der Waals surface area (Å²) in [5.74, 6) is 0. The van der Waals surface area contributed by atoms with Crippen molar-refractivity contribution in [1.82, 2.24) is 0 Å². The Labute approximate surface area is 212 Å². The first-order valence-corrected chi connectivity index (χ1v) is 11.7. The molecule has 0 spiro atoms. The van der Waals surface area contributed by atoms with Crippen molar-refractivity contribution < 1.29 is 0 Å². The van der Waals surface area contributed by atoms with E-state index in [9.17, 15) is 0 Å². The average Bonchev–Trinajstić information content (AvgIpc) is 3.06. The highest BCUT2D eigenvalue weighted by atomic mass is 127. The first-order valence-electron chi connectivity index (χ1n) is 11.7. The van der Waals surface area contributed by atoms with Crippen molar-refractivity contribution in [2.24, 2.45) is 0 Å². The largest absolute Gasteiger partial charge is 0.107 e. The molecule has 0 nitrogen and oxygen atoms in total. The summed E-state index contributed by atoms with van der Waals surface area (Å²) in [6, 6.07) is 27.6. The molecule has 1 heteroatoms. The second-order valence-corrected chi connectivity index (χ2v) is 11.1. The number of hydrogen-bond donors (Lipinski definition) is 0. The Morgan fingerprint density at radius 1 is 0.469 bits per heavy atom. The molecule has 0 amide bonds. The lowest BCUT2D eigenvalue weighted by molar-refractivity contribution is 0.590. The Bertz CT molecular complexity index is 1030. The van der Waals surface area contributed by atoms with Crippen LogP contribution in [-0.4, -0.2) is 0 Å². The molecule has 4 aliphatic carbocycles. The summed E-state index contributed by atoms with van der Waals surface area (Å²) in [6.07, 6.45) is 3.42.